The summed E-state index contributed by atoms with van der Waals surface area (Å²) in [5.41, 5.74) is -0.761. The molecule has 0 aliphatic carbocycles. The van der Waals surface area contributed by atoms with Gasteiger partial charge in [0.25, 0.3) is 0 Å². The maximum Gasteiger partial charge on any atom is 0.336 e. The van der Waals surface area contributed by atoms with Crippen molar-refractivity contribution < 1.29 is 15.0 Å². The SMILES string of the molecule is O=C(O)c1ccsc1C1(O)CCNC1. The second-order valence-corrected chi connectivity index (χ2v) is 4.34. The minimum absolute atomic E-state index is 0.223. The number of β-amino-alcohol motifs (C(OH)–C–C–N with tert-alkyl or cyclic N) is 1. The lowest BCUT2D eigenvalue weighted by molar-refractivity contribution is 0.0559. The van der Waals surface area contributed by atoms with Crippen LogP contribution in [-0.2, 0) is 5.60 Å². The molecule has 2 rings (SSSR count). The Hall–Kier alpha value is -0.910. The Bertz CT molecular complexity index is 355. The van der Waals surface area contributed by atoms with E-state index in [0.29, 0.717) is 17.8 Å². The summed E-state index contributed by atoms with van der Waals surface area (Å²) in [6, 6.07) is 1.54. The molecule has 0 aromatic carbocycles. The van der Waals surface area contributed by atoms with Gasteiger partial charge >= 0.3 is 5.97 Å². The highest BCUT2D eigenvalue weighted by Gasteiger charge is 2.37. The number of carbonyl (C=O) groups is 1. The normalized spacial score (nSPS) is 26.6. The van der Waals surface area contributed by atoms with E-state index >= 15 is 0 Å². The molecule has 1 aromatic rings. The van der Waals surface area contributed by atoms with Gasteiger partial charge in [-0.25, -0.2) is 4.79 Å². The van der Waals surface area contributed by atoms with Crippen molar-refractivity contribution in [3.05, 3.63) is 21.9 Å². The molecule has 0 saturated carbocycles. The summed E-state index contributed by atoms with van der Waals surface area (Å²) in [4.78, 5) is 11.4. The number of rotatable bonds is 2. The van der Waals surface area contributed by atoms with Gasteiger partial charge in [-0.05, 0) is 24.4 Å². The van der Waals surface area contributed by atoms with Crippen molar-refractivity contribution >= 4 is 17.3 Å². The maximum atomic E-state index is 10.9. The third-order valence-electron chi connectivity index (χ3n) is 2.45. The Morgan fingerprint density at radius 2 is 2.43 bits per heavy atom. The number of carboxylic acids is 1. The maximum absolute atomic E-state index is 10.9. The molecular weight excluding hydrogens is 202 g/mol. The van der Waals surface area contributed by atoms with Crippen molar-refractivity contribution in [2.75, 3.05) is 13.1 Å². The summed E-state index contributed by atoms with van der Waals surface area (Å²) in [6.45, 7) is 1.17. The highest BCUT2D eigenvalue weighted by Crippen LogP contribution is 2.34. The molecule has 0 bridgehead atoms. The van der Waals surface area contributed by atoms with E-state index in [1.54, 1.807) is 11.4 Å². The van der Waals surface area contributed by atoms with Gasteiger partial charge in [-0.15, -0.1) is 11.3 Å². The van der Waals surface area contributed by atoms with Crippen LogP contribution >= 0.6 is 11.3 Å². The fourth-order valence-corrected chi connectivity index (χ4v) is 2.73. The van der Waals surface area contributed by atoms with E-state index < -0.39 is 11.6 Å². The Labute approximate surface area is 85.2 Å². The average Bonchev–Trinajstić information content (AvgIpc) is 2.71. The van der Waals surface area contributed by atoms with Gasteiger partial charge in [0, 0.05) is 6.54 Å². The lowest BCUT2D eigenvalue weighted by Gasteiger charge is -2.20. The first-order valence-corrected chi connectivity index (χ1v) is 5.26. The molecule has 1 atom stereocenters. The largest absolute Gasteiger partial charge is 0.478 e. The van der Waals surface area contributed by atoms with Crippen LogP contribution in [0.4, 0.5) is 0 Å². The monoisotopic (exact) mass is 213 g/mol. The van der Waals surface area contributed by atoms with E-state index in [1.807, 2.05) is 0 Å². The second kappa shape index (κ2) is 3.34. The number of carboxylic acid groups (broad SMARTS) is 1. The predicted octanol–water partition coefficient (Wildman–Crippen LogP) is 0.627. The smallest absolute Gasteiger partial charge is 0.336 e. The summed E-state index contributed by atoms with van der Waals surface area (Å²) < 4.78 is 0. The zero-order chi connectivity index (χ0) is 10.2. The molecule has 76 valence electrons. The number of nitrogens with one attached hydrogen (secondary N) is 1. The molecule has 0 radical (unpaired) electrons. The van der Waals surface area contributed by atoms with Gasteiger partial charge in [-0.3, -0.25) is 0 Å². The van der Waals surface area contributed by atoms with Crippen molar-refractivity contribution in [3.63, 3.8) is 0 Å². The Balaban J connectivity index is 2.40. The molecule has 1 saturated heterocycles. The molecule has 14 heavy (non-hydrogen) atoms. The summed E-state index contributed by atoms with van der Waals surface area (Å²) in [7, 11) is 0. The van der Waals surface area contributed by atoms with Gasteiger partial charge in [0.05, 0.1) is 10.4 Å². The van der Waals surface area contributed by atoms with Crippen LogP contribution in [0.2, 0.25) is 0 Å². The number of aromatic carboxylic acids is 1. The molecule has 0 amide bonds. The van der Waals surface area contributed by atoms with Crippen LogP contribution in [0.3, 0.4) is 0 Å². The quantitative estimate of drug-likeness (QED) is 0.674. The Morgan fingerprint density at radius 1 is 1.64 bits per heavy atom. The summed E-state index contributed by atoms with van der Waals surface area (Å²) in [5, 5.41) is 23.8. The van der Waals surface area contributed by atoms with Crippen LogP contribution in [0.25, 0.3) is 0 Å². The Kier molecular flexibility index (Phi) is 2.30. The average molecular weight is 213 g/mol. The van der Waals surface area contributed by atoms with Crippen LogP contribution in [0, 0.1) is 0 Å². The van der Waals surface area contributed by atoms with E-state index in [0.717, 1.165) is 6.54 Å². The minimum Gasteiger partial charge on any atom is -0.478 e. The minimum atomic E-state index is -0.984. The number of hydrogen-bond acceptors (Lipinski definition) is 4. The summed E-state index contributed by atoms with van der Waals surface area (Å²) in [5.74, 6) is -0.971. The zero-order valence-corrected chi connectivity index (χ0v) is 8.30. The first kappa shape index (κ1) is 9.64. The number of thiophene rings is 1. The van der Waals surface area contributed by atoms with Gasteiger partial charge in [-0.2, -0.15) is 0 Å². The van der Waals surface area contributed by atoms with Crippen LogP contribution < -0.4 is 5.32 Å². The summed E-state index contributed by atoms with van der Waals surface area (Å²) in [6.07, 6.45) is 0.577. The molecule has 1 unspecified atom stereocenters. The molecule has 1 aliphatic heterocycles. The molecule has 1 aromatic heterocycles. The lowest BCUT2D eigenvalue weighted by atomic mass is 9.98. The van der Waals surface area contributed by atoms with E-state index in [2.05, 4.69) is 5.32 Å². The molecule has 1 aliphatic rings. The van der Waals surface area contributed by atoms with Crippen LogP contribution in [0.15, 0.2) is 11.4 Å². The van der Waals surface area contributed by atoms with Crippen molar-refractivity contribution in [2.24, 2.45) is 0 Å². The second-order valence-electron chi connectivity index (χ2n) is 3.43. The van der Waals surface area contributed by atoms with Gasteiger partial charge in [0.15, 0.2) is 0 Å². The van der Waals surface area contributed by atoms with Crippen molar-refractivity contribution in [3.8, 4) is 0 Å². The topological polar surface area (TPSA) is 69.6 Å². The fraction of sp³-hybridized carbons (Fsp3) is 0.444. The van der Waals surface area contributed by atoms with Crippen molar-refractivity contribution in [1.29, 1.82) is 0 Å². The molecule has 1 fully saturated rings. The van der Waals surface area contributed by atoms with Gasteiger partial charge in [0.1, 0.15) is 5.60 Å². The van der Waals surface area contributed by atoms with Crippen LogP contribution in [0.5, 0.6) is 0 Å². The first-order chi connectivity index (χ1) is 6.63. The zero-order valence-electron chi connectivity index (χ0n) is 7.49. The lowest BCUT2D eigenvalue weighted by Crippen LogP contribution is -2.28. The van der Waals surface area contributed by atoms with Gasteiger partial charge in [-0.1, -0.05) is 0 Å². The molecular formula is C9H11NO3S. The number of aliphatic hydroxyl groups is 1. The van der Waals surface area contributed by atoms with Crippen molar-refractivity contribution in [1.82, 2.24) is 5.32 Å². The molecule has 4 nitrogen and oxygen atoms in total. The third kappa shape index (κ3) is 1.43. The summed E-state index contributed by atoms with van der Waals surface area (Å²) >= 11 is 1.30. The predicted molar refractivity (Wildman–Crippen MR) is 52.7 cm³/mol. The fourth-order valence-electron chi connectivity index (χ4n) is 1.71. The molecule has 5 heteroatoms. The molecule has 2 heterocycles. The number of hydrogen-bond donors (Lipinski definition) is 3. The van der Waals surface area contributed by atoms with E-state index in [4.69, 9.17) is 5.11 Å². The van der Waals surface area contributed by atoms with Gasteiger partial charge in [0.2, 0.25) is 0 Å². The first-order valence-electron chi connectivity index (χ1n) is 4.38. The van der Waals surface area contributed by atoms with Crippen LogP contribution in [-0.4, -0.2) is 29.3 Å². The van der Waals surface area contributed by atoms with Crippen LogP contribution in [0.1, 0.15) is 21.7 Å². The Morgan fingerprint density at radius 3 is 3.00 bits per heavy atom. The van der Waals surface area contributed by atoms with E-state index in [9.17, 15) is 9.90 Å². The molecule has 0 spiro atoms. The standard InChI is InChI=1S/C9H11NO3S/c11-8(12)6-1-4-14-7(6)9(13)2-3-10-5-9/h1,4,10,13H,2-3,5H2,(H,11,12). The van der Waals surface area contributed by atoms with Crippen molar-refractivity contribution in [2.45, 2.75) is 12.0 Å². The molecule has 3 N–H and O–H groups in total. The van der Waals surface area contributed by atoms with E-state index in [-0.39, 0.29) is 5.56 Å². The van der Waals surface area contributed by atoms with Gasteiger partial charge < -0.3 is 15.5 Å². The third-order valence-corrected chi connectivity index (χ3v) is 3.56. The highest BCUT2D eigenvalue weighted by atomic mass is 32.1. The van der Waals surface area contributed by atoms with E-state index in [1.165, 1.54) is 11.3 Å². The highest BCUT2D eigenvalue weighted by molar-refractivity contribution is 7.10.